The Hall–Kier alpha value is -3.74. The van der Waals surface area contributed by atoms with Crippen LogP contribution in [-0.4, -0.2) is 43.0 Å². The SMILES string of the molecule is COc1ccc([N+](=O)[O-])cc1N(CC(=O)O)S(=O)(=O)c1cc([N+](=O)[O-])ccc1C. The predicted octanol–water partition coefficient (Wildman–Crippen LogP) is 2.10. The highest BCUT2D eigenvalue weighted by Crippen LogP contribution is 2.36. The van der Waals surface area contributed by atoms with Crippen LogP contribution in [0.2, 0.25) is 0 Å². The number of nitro benzene ring substituents is 2. The molecule has 0 saturated heterocycles. The molecule has 0 heterocycles. The fraction of sp³-hybridized carbons (Fsp3) is 0.188. The Morgan fingerprint density at radius 1 is 1.10 bits per heavy atom. The number of ether oxygens (including phenoxy) is 1. The average molecular weight is 425 g/mol. The summed E-state index contributed by atoms with van der Waals surface area (Å²) in [5, 5.41) is 31.4. The van der Waals surface area contributed by atoms with Crippen molar-refractivity contribution in [2.45, 2.75) is 11.8 Å². The molecular formula is C16H15N3O9S. The number of sulfonamides is 1. The van der Waals surface area contributed by atoms with Crippen LogP contribution in [0.5, 0.6) is 5.75 Å². The van der Waals surface area contributed by atoms with Crippen molar-refractivity contribution in [1.29, 1.82) is 0 Å². The molecule has 29 heavy (non-hydrogen) atoms. The van der Waals surface area contributed by atoms with Gasteiger partial charge in [-0.05, 0) is 18.6 Å². The molecule has 0 aliphatic heterocycles. The van der Waals surface area contributed by atoms with E-state index >= 15 is 0 Å². The zero-order chi connectivity index (χ0) is 21.9. The van der Waals surface area contributed by atoms with Gasteiger partial charge in [0.25, 0.3) is 21.4 Å². The lowest BCUT2D eigenvalue weighted by Crippen LogP contribution is -2.36. The maximum absolute atomic E-state index is 13.2. The molecule has 2 rings (SSSR count). The third kappa shape index (κ3) is 4.40. The monoisotopic (exact) mass is 425 g/mol. The maximum Gasteiger partial charge on any atom is 0.324 e. The van der Waals surface area contributed by atoms with Crippen molar-refractivity contribution in [2.24, 2.45) is 0 Å². The topological polar surface area (TPSA) is 170 Å². The Bertz CT molecular complexity index is 1100. The summed E-state index contributed by atoms with van der Waals surface area (Å²) in [6.07, 6.45) is 0. The molecule has 0 radical (unpaired) electrons. The number of carboxylic acids is 1. The third-order valence-corrected chi connectivity index (χ3v) is 5.77. The molecule has 13 heteroatoms. The smallest absolute Gasteiger partial charge is 0.324 e. The number of aryl methyl sites for hydroxylation is 1. The molecule has 12 nitrogen and oxygen atoms in total. The number of carboxylic acid groups (broad SMARTS) is 1. The van der Waals surface area contributed by atoms with E-state index in [1.807, 2.05) is 0 Å². The van der Waals surface area contributed by atoms with Crippen LogP contribution < -0.4 is 9.04 Å². The molecule has 0 atom stereocenters. The molecule has 1 N–H and O–H groups in total. The molecule has 0 aliphatic rings. The minimum atomic E-state index is -4.67. The Morgan fingerprint density at radius 3 is 2.17 bits per heavy atom. The Labute approximate surface area is 164 Å². The third-order valence-electron chi connectivity index (χ3n) is 3.87. The number of nitro groups is 2. The highest BCUT2D eigenvalue weighted by molar-refractivity contribution is 7.93. The molecule has 0 saturated carbocycles. The lowest BCUT2D eigenvalue weighted by atomic mass is 10.2. The van der Waals surface area contributed by atoms with E-state index in [1.165, 1.54) is 20.1 Å². The highest BCUT2D eigenvalue weighted by atomic mass is 32.2. The van der Waals surface area contributed by atoms with E-state index < -0.39 is 54.3 Å². The van der Waals surface area contributed by atoms with Gasteiger partial charge < -0.3 is 9.84 Å². The molecule has 0 unspecified atom stereocenters. The van der Waals surface area contributed by atoms with Crippen molar-refractivity contribution in [3.05, 3.63) is 62.2 Å². The Kier molecular flexibility index (Phi) is 6.02. The molecule has 0 aromatic heterocycles. The average Bonchev–Trinajstić information content (AvgIpc) is 2.65. The number of hydrogen-bond donors (Lipinski definition) is 1. The molecule has 2 aromatic rings. The number of rotatable bonds is 8. The zero-order valence-electron chi connectivity index (χ0n) is 15.1. The van der Waals surface area contributed by atoms with Crippen molar-refractivity contribution in [3.8, 4) is 5.75 Å². The molecule has 0 aliphatic carbocycles. The van der Waals surface area contributed by atoms with Gasteiger partial charge in [-0.3, -0.25) is 29.3 Å². The summed E-state index contributed by atoms with van der Waals surface area (Å²) >= 11 is 0. The summed E-state index contributed by atoms with van der Waals surface area (Å²) in [5.41, 5.74) is -1.29. The first kappa shape index (κ1) is 21.6. The van der Waals surface area contributed by atoms with Gasteiger partial charge in [0, 0.05) is 24.3 Å². The van der Waals surface area contributed by atoms with E-state index in [4.69, 9.17) is 4.74 Å². The number of aliphatic carboxylic acids is 1. The number of nitrogens with zero attached hydrogens (tertiary/aromatic N) is 3. The van der Waals surface area contributed by atoms with Crippen LogP contribution in [0.4, 0.5) is 17.1 Å². The highest BCUT2D eigenvalue weighted by Gasteiger charge is 2.33. The molecule has 0 spiro atoms. The summed E-state index contributed by atoms with van der Waals surface area (Å²) in [7, 11) is -3.49. The lowest BCUT2D eigenvalue weighted by Gasteiger charge is -2.25. The summed E-state index contributed by atoms with van der Waals surface area (Å²) in [6.45, 7) is 0.280. The van der Waals surface area contributed by atoms with E-state index in [1.54, 1.807) is 0 Å². The number of benzene rings is 2. The molecule has 0 fully saturated rings. The summed E-state index contributed by atoms with van der Waals surface area (Å²) in [6, 6.07) is 6.14. The second kappa shape index (κ2) is 8.10. The second-order valence-corrected chi connectivity index (χ2v) is 7.56. The normalized spacial score (nSPS) is 11.0. The van der Waals surface area contributed by atoms with Gasteiger partial charge in [0.1, 0.15) is 18.0 Å². The van der Waals surface area contributed by atoms with Gasteiger partial charge in [-0.25, -0.2) is 8.42 Å². The number of methoxy groups -OCH3 is 1. The van der Waals surface area contributed by atoms with Crippen LogP contribution in [0.25, 0.3) is 0 Å². The van der Waals surface area contributed by atoms with Crippen LogP contribution in [-0.2, 0) is 14.8 Å². The van der Waals surface area contributed by atoms with Gasteiger partial charge in [-0.2, -0.15) is 0 Å². The Balaban J connectivity index is 2.78. The second-order valence-electron chi connectivity index (χ2n) is 5.73. The number of anilines is 1. The maximum atomic E-state index is 13.2. The standard InChI is InChI=1S/C16H15N3O9S/c1-10-3-4-12(19(24)25)8-15(10)29(26,27)17(9-16(20)21)13-7-11(18(22)23)5-6-14(13)28-2/h3-8H,9H2,1-2H3,(H,20,21). The van der Waals surface area contributed by atoms with Crippen molar-refractivity contribution in [1.82, 2.24) is 0 Å². The fourth-order valence-electron chi connectivity index (χ4n) is 2.51. The van der Waals surface area contributed by atoms with Gasteiger partial charge in [0.2, 0.25) is 0 Å². The van der Waals surface area contributed by atoms with Crippen LogP contribution >= 0.6 is 0 Å². The van der Waals surface area contributed by atoms with Crippen molar-refractivity contribution in [3.63, 3.8) is 0 Å². The van der Waals surface area contributed by atoms with Crippen LogP contribution in [0.1, 0.15) is 5.56 Å². The van der Waals surface area contributed by atoms with Crippen LogP contribution in [0, 0.1) is 27.2 Å². The van der Waals surface area contributed by atoms with E-state index in [-0.39, 0.29) is 11.3 Å². The van der Waals surface area contributed by atoms with Gasteiger partial charge in [-0.1, -0.05) is 6.07 Å². The summed E-state index contributed by atoms with van der Waals surface area (Å²) < 4.78 is 31.9. The van der Waals surface area contributed by atoms with Gasteiger partial charge >= 0.3 is 5.97 Å². The molecule has 0 bridgehead atoms. The molecular weight excluding hydrogens is 410 g/mol. The summed E-state index contributed by atoms with van der Waals surface area (Å²) in [4.78, 5) is 31.4. The summed E-state index contributed by atoms with van der Waals surface area (Å²) in [5.74, 6) is -1.69. The van der Waals surface area contributed by atoms with E-state index in [0.29, 0.717) is 4.31 Å². The molecule has 154 valence electrons. The zero-order valence-corrected chi connectivity index (χ0v) is 16.0. The fourth-order valence-corrected chi connectivity index (χ4v) is 4.17. The van der Waals surface area contributed by atoms with Gasteiger partial charge in [-0.15, -0.1) is 0 Å². The molecule has 0 amide bonds. The molecule has 2 aromatic carbocycles. The van der Waals surface area contributed by atoms with E-state index in [9.17, 15) is 38.5 Å². The largest absolute Gasteiger partial charge is 0.495 e. The van der Waals surface area contributed by atoms with Gasteiger partial charge in [0.15, 0.2) is 0 Å². The van der Waals surface area contributed by atoms with Crippen LogP contribution in [0.15, 0.2) is 41.3 Å². The number of hydrogen-bond acceptors (Lipinski definition) is 8. The van der Waals surface area contributed by atoms with Crippen molar-refractivity contribution >= 4 is 33.1 Å². The van der Waals surface area contributed by atoms with Gasteiger partial charge in [0.05, 0.1) is 21.9 Å². The number of non-ortho nitro benzene ring substituents is 2. The lowest BCUT2D eigenvalue weighted by molar-refractivity contribution is -0.385. The van der Waals surface area contributed by atoms with E-state index in [2.05, 4.69) is 0 Å². The first-order valence-corrected chi connectivity index (χ1v) is 9.25. The minimum absolute atomic E-state index is 0.121. The number of carbonyl (C=O) groups is 1. The van der Waals surface area contributed by atoms with Crippen molar-refractivity contribution < 1.29 is 32.9 Å². The quantitative estimate of drug-likeness (QED) is 0.491. The van der Waals surface area contributed by atoms with E-state index in [0.717, 1.165) is 30.3 Å². The first-order chi connectivity index (χ1) is 13.5. The minimum Gasteiger partial charge on any atom is -0.495 e. The predicted molar refractivity (Wildman–Crippen MR) is 99.6 cm³/mol. The first-order valence-electron chi connectivity index (χ1n) is 7.81. The van der Waals surface area contributed by atoms with Crippen LogP contribution in [0.3, 0.4) is 0 Å². The Morgan fingerprint density at radius 2 is 1.66 bits per heavy atom. The van der Waals surface area contributed by atoms with Crippen molar-refractivity contribution in [2.75, 3.05) is 18.0 Å².